The molecule has 3 N–H and O–H groups in total. The van der Waals surface area contributed by atoms with Crippen LogP contribution in [0.1, 0.15) is 15.3 Å². The third-order valence-corrected chi connectivity index (χ3v) is 3.81. The van der Waals surface area contributed by atoms with Crippen LogP contribution in [0.4, 0.5) is 9.18 Å². The second-order valence-electron chi connectivity index (χ2n) is 4.67. The van der Waals surface area contributed by atoms with Crippen LogP contribution in [0.5, 0.6) is 0 Å². The number of carbonyl (C=O) groups is 2. The highest BCUT2D eigenvalue weighted by atomic mass is 32.1. The minimum Gasteiger partial charge on any atom is -0.332 e. The second kappa shape index (κ2) is 7.56. The molecular weight excluding hydrogens is 305 g/mol. The fourth-order valence-corrected chi connectivity index (χ4v) is 2.58. The van der Waals surface area contributed by atoms with Crippen molar-refractivity contribution in [2.24, 2.45) is 0 Å². The number of nitrogens with one attached hydrogen (secondary N) is 3. The minimum atomic E-state index is -0.487. The van der Waals surface area contributed by atoms with Gasteiger partial charge in [0.1, 0.15) is 5.82 Å². The van der Waals surface area contributed by atoms with Crippen molar-refractivity contribution < 1.29 is 14.0 Å². The zero-order valence-corrected chi connectivity index (χ0v) is 12.8. The lowest BCUT2D eigenvalue weighted by Gasteiger charge is -2.08. The van der Waals surface area contributed by atoms with E-state index in [1.807, 2.05) is 19.1 Å². The molecule has 0 aliphatic carbocycles. The molecule has 2 rings (SSSR count). The number of aryl methyl sites for hydroxylation is 1. The molecule has 0 saturated heterocycles. The molecule has 0 bridgehead atoms. The lowest BCUT2D eigenvalue weighted by atomic mass is 10.1. The van der Waals surface area contributed by atoms with E-state index < -0.39 is 6.03 Å². The number of thiophene rings is 1. The minimum absolute atomic E-state index is 0.0602. The standard InChI is InChI=1S/C15H16FN3O2S/c1-10-2-7-13(22-10)9-17-15(21)19-18-14(20)8-11-3-5-12(16)6-4-11/h2-7H,8-9H2,1H3,(H,18,20)(H2,17,19,21). The molecule has 1 heterocycles. The third kappa shape index (κ3) is 5.17. The van der Waals surface area contributed by atoms with E-state index in [9.17, 15) is 14.0 Å². The van der Waals surface area contributed by atoms with Gasteiger partial charge in [-0.1, -0.05) is 12.1 Å². The molecular formula is C15H16FN3O2S. The third-order valence-electron chi connectivity index (χ3n) is 2.81. The number of urea groups is 1. The lowest BCUT2D eigenvalue weighted by molar-refractivity contribution is -0.121. The van der Waals surface area contributed by atoms with Gasteiger partial charge in [-0.2, -0.15) is 0 Å². The number of hydrogen-bond donors (Lipinski definition) is 3. The fourth-order valence-electron chi connectivity index (χ4n) is 1.75. The van der Waals surface area contributed by atoms with Crippen LogP contribution in [0.2, 0.25) is 0 Å². The van der Waals surface area contributed by atoms with Crippen LogP contribution in [0.25, 0.3) is 0 Å². The van der Waals surface area contributed by atoms with Gasteiger partial charge >= 0.3 is 6.03 Å². The first-order chi connectivity index (χ1) is 10.5. The van der Waals surface area contributed by atoms with Gasteiger partial charge in [0.2, 0.25) is 5.91 Å². The predicted molar refractivity (Wildman–Crippen MR) is 82.7 cm³/mol. The Morgan fingerprint density at radius 1 is 1.09 bits per heavy atom. The van der Waals surface area contributed by atoms with Crippen LogP contribution in [0, 0.1) is 12.7 Å². The van der Waals surface area contributed by atoms with Gasteiger partial charge in [0.15, 0.2) is 0 Å². The highest BCUT2D eigenvalue weighted by molar-refractivity contribution is 7.11. The maximum Gasteiger partial charge on any atom is 0.333 e. The molecule has 0 radical (unpaired) electrons. The van der Waals surface area contributed by atoms with Crippen molar-refractivity contribution in [1.29, 1.82) is 0 Å². The van der Waals surface area contributed by atoms with Gasteiger partial charge < -0.3 is 5.32 Å². The molecule has 0 spiro atoms. The summed E-state index contributed by atoms with van der Waals surface area (Å²) in [6, 6.07) is 9.04. The van der Waals surface area contributed by atoms with Gasteiger partial charge in [-0.3, -0.25) is 10.2 Å². The van der Waals surface area contributed by atoms with Crippen molar-refractivity contribution in [2.75, 3.05) is 0 Å². The normalized spacial score (nSPS) is 10.1. The first-order valence-electron chi connectivity index (χ1n) is 6.65. The Morgan fingerprint density at radius 2 is 1.82 bits per heavy atom. The Labute approximate surface area is 131 Å². The largest absolute Gasteiger partial charge is 0.333 e. The molecule has 5 nitrogen and oxygen atoms in total. The van der Waals surface area contributed by atoms with E-state index in [2.05, 4.69) is 16.2 Å². The van der Waals surface area contributed by atoms with Gasteiger partial charge in [-0.15, -0.1) is 11.3 Å². The van der Waals surface area contributed by atoms with Crippen LogP contribution < -0.4 is 16.2 Å². The summed E-state index contributed by atoms with van der Waals surface area (Å²) in [5.41, 5.74) is 5.23. The molecule has 0 fully saturated rings. The highest BCUT2D eigenvalue weighted by Crippen LogP contribution is 2.14. The van der Waals surface area contributed by atoms with Gasteiger partial charge in [-0.05, 0) is 36.8 Å². The molecule has 116 valence electrons. The average molecular weight is 321 g/mol. The predicted octanol–water partition coefficient (Wildman–Crippen LogP) is 2.27. The van der Waals surface area contributed by atoms with Gasteiger partial charge in [0, 0.05) is 9.75 Å². The van der Waals surface area contributed by atoms with Crippen LogP contribution in [-0.2, 0) is 17.8 Å². The maximum absolute atomic E-state index is 12.7. The number of carbonyl (C=O) groups excluding carboxylic acids is 2. The zero-order chi connectivity index (χ0) is 15.9. The van der Waals surface area contributed by atoms with Crippen molar-refractivity contribution in [3.63, 3.8) is 0 Å². The summed E-state index contributed by atoms with van der Waals surface area (Å²) in [5.74, 6) is -0.737. The Hall–Kier alpha value is -2.41. The Balaban J connectivity index is 1.69. The van der Waals surface area contributed by atoms with E-state index in [1.165, 1.54) is 29.1 Å². The van der Waals surface area contributed by atoms with E-state index >= 15 is 0 Å². The van der Waals surface area contributed by atoms with Crippen LogP contribution >= 0.6 is 11.3 Å². The van der Waals surface area contributed by atoms with E-state index in [0.29, 0.717) is 12.1 Å². The maximum atomic E-state index is 12.7. The molecule has 0 saturated carbocycles. The lowest BCUT2D eigenvalue weighted by Crippen LogP contribution is -2.47. The number of halogens is 1. The van der Waals surface area contributed by atoms with E-state index in [4.69, 9.17) is 0 Å². The molecule has 0 aliphatic heterocycles. The fraction of sp³-hybridized carbons (Fsp3) is 0.200. The van der Waals surface area contributed by atoms with Crippen LogP contribution in [-0.4, -0.2) is 11.9 Å². The molecule has 22 heavy (non-hydrogen) atoms. The number of amides is 3. The molecule has 3 amide bonds. The molecule has 1 aromatic heterocycles. The van der Waals surface area contributed by atoms with Crippen molar-refractivity contribution in [1.82, 2.24) is 16.2 Å². The average Bonchev–Trinajstić information content (AvgIpc) is 2.91. The molecule has 0 atom stereocenters. The molecule has 0 unspecified atom stereocenters. The summed E-state index contributed by atoms with van der Waals surface area (Å²) in [5, 5.41) is 2.64. The quantitative estimate of drug-likeness (QED) is 0.756. The molecule has 2 aromatic rings. The first-order valence-corrected chi connectivity index (χ1v) is 7.47. The number of hydrogen-bond acceptors (Lipinski definition) is 3. The van der Waals surface area contributed by atoms with Crippen molar-refractivity contribution in [3.8, 4) is 0 Å². The smallest absolute Gasteiger partial charge is 0.332 e. The topological polar surface area (TPSA) is 70.2 Å². The SMILES string of the molecule is Cc1ccc(CNC(=O)NNC(=O)Cc2ccc(F)cc2)s1. The van der Waals surface area contributed by atoms with E-state index in [-0.39, 0.29) is 18.1 Å². The number of rotatable bonds is 4. The van der Waals surface area contributed by atoms with Crippen molar-refractivity contribution >= 4 is 23.3 Å². The van der Waals surface area contributed by atoms with Gasteiger partial charge in [-0.25, -0.2) is 14.6 Å². The van der Waals surface area contributed by atoms with Crippen LogP contribution in [0.3, 0.4) is 0 Å². The Bertz CT molecular complexity index is 655. The Kier molecular flexibility index (Phi) is 5.48. The highest BCUT2D eigenvalue weighted by Gasteiger charge is 2.06. The summed E-state index contributed by atoms with van der Waals surface area (Å²) < 4.78 is 12.7. The van der Waals surface area contributed by atoms with Crippen LogP contribution in [0.15, 0.2) is 36.4 Å². The van der Waals surface area contributed by atoms with E-state index in [1.54, 1.807) is 11.3 Å². The molecule has 7 heteroatoms. The summed E-state index contributed by atoms with van der Waals surface area (Å²) >= 11 is 1.60. The number of benzene rings is 1. The molecule has 0 aliphatic rings. The summed E-state index contributed by atoms with van der Waals surface area (Å²) in [4.78, 5) is 25.4. The Morgan fingerprint density at radius 3 is 2.45 bits per heavy atom. The summed E-state index contributed by atoms with van der Waals surface area (Å²) in [7, 11) is 0. The summed E-state index contributed by atoms with van der Waals surface area (Å²) in [6.07, 6.45) is 0.0602. The number of hydrazine groups is 1. The summed E-state index contributed by atoms with van der Waals surface area (Å²) in [6.45, 7) is 2.39. The zero-order valence-electron chi connectivity index (χ0n) is 12.0. The van der Waals surface area contributed by atoms with Crippen molar-refractivity contribution in [2.45, 2.75) is 19.9 Å². The van der Waals surface area contributed by atoms with Gasteiger partial charge in [0.25, 0.3) is 0 Å². The molecule has 1 aromatic carbocycles. The first kappa shape index (κ1) is 16.0. The van der Waals surface area contributed by atoms with Gasteiger partial charge in [0.05, 0.1) is 13.0 Å². The van der Waals surface area contributed by atoms with Crippen molar-refractivity contribution in [3.05, 3.63) is 57.5 Å². The monoisotopic (exact) mass is 321 g/mol. The van der Waals surface area contributed by atoms with E-state index in [0.717, 1.165) is 4.88 Å². The second-order valence-corrected chi connectivity index (χ2v) is 6.04.